The summed E-state index contributed by atoms with van der Waals surface area (Å²) in [7, 11) is 1.55. The maximum Gasteiger partial charge on any atom is 0.170 e. The topological polar surface area (TPSA) is 60.3 Å². The lowest BCUT2D eigenvalue weighted by atomic mass is 10.2. The summed E-state index contributed by atoms with van der Waals surface area (Å²) in [5.74, 6) is 1.88. The van der Waals surface area contributed by atoms with Gasteiger partial charge >= 0.3 is 0 Å². The lowest BCUT2D eigenvalue weighted by molar-refractivity contribution is 0.210. The first-order valence-electron chi connectivity index (χ1n) is 7.02. The Balaban J connectivity index is 2.04. The second-order valence-corrected chi connectivity index (χ2v) is 5.65. The Morgan fingerprint density at radius 3 is 2.57 bits per heavy atom. The highest BCUT2D eigenvalue weighted by molar-refractivity contribution is 9.10. The molecule has 1 N–H and O–H groups in total. The van der Waals surface area contributed by atoms with Crippen molar-refractivity contribution in [2.45, 2.75) is 6.92 Å². The molecular formula is C17H18BrNO4. The van der Waals surface area contributed by atoms with E-state index in [0.717, 1.165) is 15.8 Å². The van der Waals surface area contributed by atoms with Gasteiger partial charge in [0.1, 0.15) is 19.0 Å². The van der Waals surface area contributed by atoms with Gasteiger partial charge in [-0.1, -0.05) is 39.3 Å². The number of hydrogen-bond acceptors (Lipinski definition) is 5. The quantitative estimate of drug-likeness (QED) is 0.341. The van der Waals surface area contributed by atoms with E-state index in [1.165, 1.54) is 6.21 Å². The summed E-state index contributed by atoms with van der Waals surface area (Å²) in [5.41, 5.74) is 1.68. The highest BCUT2D eigenvalue weighted by atomic mass is 79.9. The van der Waals surface area contributed by atoms with Crippen molar-refractivity contribution in [2.24, 2.45) is 5.16 Å². The van der Waals surface area contributed by atoms with Crippen LogP contribution in [0.4, 0.5) is 0 Å². The Hall–Kier alpha value is -2.21. The van der Waals surface area contributed by atoms with Crippen LogP contribution in [-0.2, 0) is 0 Å². The molecule has 0 spiro atoms. The summed E-state index contributed by atoms with van der Waals surface area (Å²) in [6.07, 6.45) is 1.30. The van der Waals surface area contributed by atoms with Crippen molar-refractivity contribution >= 4 is 22.1 Å². The fourth-order valence-electron chi connectivity index (χ4n) is 2.07. The van der Waals surface area contributed by atoms with Gasteiger partial charge in [-0.2, -0.15) is 0 Å². The summed E-state index contributed by atoms with van der Waals surface area (Å²) in [4.78, 5) is 0. The van der Waals surface area contributed by atoms with E-state index in [2.05, 4.69) is 21.1 Å². The standard InChI is InChI=1S/C17H18BrNO4/c1-12-5-3-4-6-15(12)22-7-8-23-17-13(11-19-20)9-14(18)10-16(17)21-2/h3-6,9-11,20H,7-8H2,1-2H3. The van der Waals surface area contributed by atoms with Crippen LogP contribution in [0.25, 0.3) is 0 Å². The number of ether oxygens (including phenoxy) is 3. The molecule has 0 bridgehead atoms. The van der Waals surface area contributed by atoms with Gasteiger partial charge in [0.25, 0.3) is 0 Å². The van der Waals surface area contributed by atoms with Gasteiger partial charge in [0, 0.05) is 10.0 Å². The molecule has 2 aromatic rings. The SMILES string of the molecule is COc1cc(Br)cc(C=NO)c1OCCOc1ccccc1C. The fraction of sp³-hybridized carbons (Fsp3) is 0.235. The van der Waals surface area contributed by atoms with Gasteiger partial charge in [-0.25, -0.2) is 0 Å². The summed E-state index contributed by atoms with van der Waals surface area (Å²) >= 11 is 3.37. The molecule has 23 heavy (non-hydrogen) atoms. The lowest BCUT2D eigenvalue weighted by Gasteiger charge is -2.14. The number of halogens is 1. The fourth-order valence-corrected chi connectivity index (χ4v) is 2.52. The molecule has 0 atom stereocenters. The molecule has 0 saturated carbocycles. The van der Waals surface area contributed by atoms with Crippen molar-refractivity contribution in [2.75, 3.05) is 20.3 Å². The third-order valence-electron chi connectivity index (χ3n) is 3.15. The van der Waals surface area contributed by atoms with E-state index in [0.29, 0.717) is 30.3 Å². The van der Waals surface area contributed by atoms with Crippen LogP contribution in [0.3, 0.4) is 0 Å². The monoisotopic (exact) mass is 379 g/mol. The molecular weight excluding hydrogens is 362 g/mol. The lowest BCUT2D eigenvalue weighted by Crippen LogP contribution is -2.11. The minimum atomic E-state index is 0.332. The second kappa shape index (κ2) is 8.43. The number of oxime groups is 1. The highest BCUT2D eigenvalue weighted by Gasteiger charge is 2.12. The van der Waals surface area contributed by atoms with Crippen molar-refractivity contribution in [3.8, 4) is 17.2 Å². The molecule has 0 heterocycles. The molecule has 122 valence electrons. The third-order valence-corrected chi connectivity index (χ3v) is 3.60. The van der Waals surface area contributed by atoms with E-state index in [9.17, 15) is 0 Å². The van der Waals surface area contributed by atoms with Crippen LogP contribution >= 0.6 is 15.9 Å². The molecule has 0 aliphatic rings. The van der Waals surface area contributed by atoms with E-state index in [4.69, 9.17) is 19.4 Å². The van der Waals surface area contributed by atoms with Crippen molar-refractivity contribution in [3.05, 3.63) is 52.0 Å². The molecule has 0 fully saturated rings. The molecule has 0 saturated heterocycles. The van der Waals surface area contributed by atoms with Crippen LogP contribution in [-0.4, -0.2) is 31.7 Å². The number of aryl methyl sites for hydroxylation is 1. The number of rotatable bonds is 7. The number of benzene rings is 2. The Labute approximate surface area is 143 Å². The zero-order valence-corrected chi connectivity index (χ0v) is 14.5. The third kappa shape index (κ3) is 4.63. The van der Waals surface area contributed by atoms with Crippen molar-refractivity contribution in [3.63, 3.8) is 0 Å². The summed E-state index contributed by atoms with van der Waals surface area (Å²) < 4.78 is 17.6. The Bertz CT molecular complexity index is 688. The molecule has 0 aliphatic carbocycles. The molecule has 2 rings (SSSR count). The molecule has 0 unspecified atom stereocenters. The Morgan fingerprint density at radius 1 is 1.13 bits per heavy atom. The first-order chi connectivity index (χ1) is 11.2. The zero-order valence-electron chi connectivity index (χ0n) is 13.0. The summed E-state index contributed by atoms with van der Waals surface area (Å²) in [5, 5.41) is 11.8. The summed E-state index contributed by atoms with van der Waals surface area (Å²) in [6, 6.07) is 11.4. The molecule has 0 aromatic heterocycles. The van der Waals surface area contributed by atoms with Crippen LogP contribution < -0.4 is 14.2 Å². The first-order valence-corrected chi connectivity index (χ1v) is 7.81. The maximum atomic E-state index is 8.78. The van der Waals surface area contributed by atoms with Gasteiger partial charge in [0.2, 0.25) is 0 Å². The van der Waals surface area contributed by atoms with E-state index in [1.807, 2.05) is 31.2 Å². The van der Waals surface area contributed by atoms with Gasteiger partial charge in [-0.3, -0.25) is 0 Å². The Kier molecular flexibility index (Phi) is 6.29. The largest absolute Gasteiger partial charge is 0.493 e. The van der Waals surface area contributed by atoms with Gasteiger partial charge in [-0.15, -0.1) is 0 Å². The summed E-state index contributed by atoms with van der Waals surface area (Å²) in [6.45, 7) is 2.71. The molecule has 6 heteroatoms. The van der Waals surface area contributed by atoms with E-state index in [1.54, 1.807) is 19.2 Å². The minimum absolute atomic E-state index is 0.332. The van der Waals surface area contributed by atoms with Gasteiger partial charge in [0.05, 0.1) is 13.3 Å². The van der Waals surface area contributed by atoms with E-state index < -0.39 is 0 Å². The van der Waals surface area contributed by atoms with Crippen molar-refractivity contribution in [1.29, 1.82) is 0 Å². The van der Waals surface area contributed by atoms with Crippen LogP contribution in [0, 0.1) is 6.92 Å². The number of nitrogens with zero attached hydrogens (tertiary/aromatic N) is 1. The molecule has 0 radical (unpaired) electrons. The van der Waals surface area contributed by atoms with Gasteiger partial charge < -0.3 is 19.4 Å². The van der Waals surface area contributed by atoms with Crippen LogP contribution in [0.5, 0.6) is 17.2 Å². The van der Waals surface area contributed by atoms with Crippen LogP contribution in [0.1, 0.15) is 11.1 Å². The smallest absolute Gasteiger partial charge is 0.170 e. The van der Waals surface area contributed by atoms with Crippen LogP contribution in [0.2, 0.25) is 0 Å². The number of methoxy groups -OCH3 is 1. The molecule has 0 amide bonds. The number of para-hydroxylation sites is 1. The van der Waals surface area contributed by atoms with Gasteiger partial charge in [0.15, 0.2) is 11.5 Å². The second-order valence-electron chi connectivity index (χ2n) is 4.73. The normalized spacial score (nSPS) is 10.7. The van der Waals surface area contributed by atoms with E-state index in [-0.39, 0.29) is 0 Å². The molecule has 0 aliphatic heterocycles. The minimum Gasteiger partial charge on any atom is -0.493 e. The average molecular weight is 380 g/mol. The van der Waals surface area contributed by atoms with Crippen LogP contribution in [0.15, 0.2) is 46.0 Å². The first kappa shape index (κ1) is 17.1. The van der Waals surface area contributed by atoms with Crippen molar-refractivity contribution in [1.82, 2.24) is 0 Å². The highest BCUT2D eigenvalue weighted by Crippen LogP contribution is 2.34. The number of hydrogen-bond donors (Lipinski definition) is 1. The van der Waals surface area contributed by atoms with E-state index >= 15 is 0 Å². The molecule has 5 nitrogen and oxygen atoms in total. The maximum absolute atomic E-state index is 8.78. The predicted octanol–water partition coefficient (Wildman–Crippen LogP) is 4.03. The Morgan fingerprint density at radius 2 is 1.87 bits per heavy atom. The predicted molar refractivity (Wildman–Crippen MR) is 92.2 cm³/mol. The van der Waals surface area contributed by atoms with Crippen molar-refractivity contribution < 1.29 is 19.4 Å². The molecule has 2 aromatic carbocycles. The van der Waals surface area contributed by atoms with Gasteiger partial charge in [-0.05, 0) is 30.7 Å². The average Bonchev–Trinajstić information content (AvgIpc) is 2.54. The zero-order chi connectivity index (χ0) is 16.7.